The van der Waals surface area contributed by atoms with E-state index < -0.39 is 0 Å². The molecule has 1 heterocycles. The first-order valence-corrected chi connectivity index (χ1v) is 5.53. The summed E-state index contributed by atoms with van der Waals surface area (Å²) in [5, 5.41) is 4.46. The van der Waals surface area contributed by atoms with Crippen LogP contribution >= 0.6 is 0 Å². The number of hydrogen-bond acceptors (Lipinski definition) is 3. The first-order valence-electron chi connectivity index (χ1n) is 5.53. The van der Waals surface area contributed by atoms with Gasteiger partial charge in [0, 0.05) is 19.2 Å². The summed E-state index contributed by atoms with van der Waals surface area (Å²) in [5.74, 6) is 0.862. The van der Waals surface area contributed by atoms with Crippen molar-refractivity contribution in [3.8, 4) is 17.0 Å². The molecule has 4 heteroatoms. The number of methoxy groups -OCH3 is 1. The summed E-state index contributed by atoms with van der Waals surface area (Å²) in [5.41, 5.74) is 9.88. The average molecular weight is 231 g/mol. The first kappa shape index (κ1) is 11.7. The monoisotopic (exact) mass is 231 g/mol. The van der Waals surface area contributed by atoms with Crippen LogP contribution in [0.4, 0.5) is 0 Å². The van der Waals surface area contributed by atoms with Crippen molar-refractivity contribution < 1.29 is 4.74 Å². The molecule has 0 spiro atoms. The Bertz CT molecular complexity index is 531. The highest BCUT2D eigenvalue weighted by atomic mass is 16.5. The normalized spacial score (nSPS) is 10.6. The maximum Gasteiger partial charge on any atom is 0.119 e. The Morgan fingerprint density at radius 2 is 2.12 bits per heavy atom. The Morgan fingerprint density at radius 1 is 1.35 bits per heavy atom. The van der Waals surface area contributed by atoms with Crippen LogP contribution < -0.4 is 10.5 Å². The number of aryl methyl sites for hydroxylation is 2. The second-order valence-electron chi connectivity index (χ2n) is 4.03. The van der Waals surface area contributed by atoms with Gasteiger partial charge in [0.1, 0.15) is 5.75 Å². The molecule has 2 aromatic rings. The van der Waals surface area contributed by atoms with Gasteiger partial charge in [0.05, 0.1) is 18.5 Å². The second-order valence-corrected chi connectivity index (χ2v) is 4.03. The molecule has 0 aliphatic heterocycles. The Balaban J connectivity index is 2.45. The molecule has 0 aliphatic rings. The minimum absolute atomic E-state index is 0.499. The van der Waals surface area contributed by atoms with E-state index in [1.807, 2.05) is 36.0 Å². The predicted octanol–water partition coefficient (Wildman–Crippen LogP) is 1.86. The molecule has 0 aliphatic carbocycles. The molecule has 0 amide bonds. The van der Waals surface area contributed by atoms with Gasteiger partial charge in [-0.15, -0.1) is 0 Å². The SMILES string of the molecule is COc1ccc(-c2cc(CN)n(C)n2)c(C)c1. The lowest BCUT2D eigenvalue weighted by Crippen LogP contribution is -2.03. The minimum atomic E-state index is 0.499. The number of aromatic nitrogens is 2. The van der Waals surface area contributed by atoms with E-state index in [1.54, 1.807) is 7.11 Å². The fourth-order valence-corrected chi connectivity index (χ4v) is 1.88. The van der Waals surface area contributed by atoms with E-state index in [1.165, 1.54) is 0 Å². The fraction of sp³-hybridized carbons (Fsp3) is 0.308. The van der Waals surface area contributed by atoms with Gasteiger partial charge in [-0.3, -0.25) is 4.68 Å². The molecule has 1 aromatic heterocycles. The van der Waals surface area contributed by atoms with Crippen LogP contribution in [0.15, 0.2) is 24.3 Å². The van der Waals surface area contributed by atoms with Crippen LogP contribution in [-0.2, 0) is 13.6 Å². The molecule has 90 valence electrons. The zero-order valence-corrected chi connectivity index (χ0v) is 10.4. The van der Waals surface area contributed by atoms with Crippen LogP contribution in [0.25, 0.3) is 11.3 Å². The Morgan fingerprint density at radius 3 is 2.65 bits per heavy atom. The molecule has 0 saturated carbocycles. The van der Waals surface area contributed by atoms with Gasteiger partial charge in [0.15, 0.2) is 0 Å². The van der Waals surface area contributed by atoms with E-state index in [0.29, 0.717) is 6.54 Å². The summed E-state index contributed by atoms with van der Waals surface area (Å²) >= 11 is 0. The van der Waals surface area contributed by atoms with Gasteiger partial charge in [0.2, 0.25) is 0 Å². The minimum Gasteiger partial charge on any atom is -0.497 e. The fourth-order valence-electron chi connectivity index (χ4n) is 1.88. The highest BCUT2D eigenvalue weighted by molar-refractivity contribution is 5.65. The first-order chi connectivity index (χ1) is 8.15. The molecule has 0 fully saturated rings. The van der Waals surface area contributed by atoms with Crippen LogP contribution in [0.2, 0.25) is 0 Å². The number of ether oxygens (including phenoxy) is 1. The quantitative estimate of drug-likeness (QED) is 0.877. The zero-order valence-electron chi connectivity index (χ0n) is 10.4. The number of hydrogen-bond donors (Lipinski definition) is 1. The third-order valence-corrected chi connectivity index (χ3v) is 2.90. The largest absolute Gasteiger partial charge is 0.497 e. The van der Waals surface area contributed by atoms with Crippen molar-refractivity contribution in [1.29, 1.82) is 0 Å². The molecule has 0 radical (unpaired) electrons. The number of nitrogens with two attached hydrogens (primary N) is 1. The van der Waals surface area contributed by atoms with E-state index >= 15 is 0 Å². The smallest absolute Gasteiger partial charge is 0.119 e. The van der Waals surface area contributed by atoms with E-state index in [0.717, 1.165) is 28.3 Å². The molecule has 4 nitrogen and oxygen atoms in total. The van der Waals surface area contributed by atoms with E-state index in [-0.39, 0.29) is 0 Å². The summed E-state index contributed by atoms with van der Waals surface area (Å²) in [6.07, 6.45) is 0. The molecule has 2 rings (SSSR count). The standard InChI is InChI=1S/C13H17N3O/c1-9-6-11(17-3)4-5-12(9)13-7-10(8-14)16(2)15-13/h4-7H,8,14H2,1-3H3. The van der Waals surface area contributed by atoms with Crippen LogP contribution in [0.5, 0.6) is 5.75 Å². The molecule has 17 heavy (non-hydrogen) atoms. The Kier molecular flexibility index (Phi) is 3.15. The second kappa shape index (κ2) is 4.59. The van der Waals surface area contributed by atoms with Crippen molar-refractivity contribution in [2.45, 2.75) is 13.5 Å². The highest BCUT2D eigenvalue weighted by Gasteiger charge is 2.09. The van der Waals surface area contributed by atoms with Crippen molar-refractivity contribution >= 4 is 0 Å². The number of nitrogens with zero attached hydrogens (tertiary/aromatic N) is 2. The Hall–Kier alpha value is -1.81. The maximum absolute atomic E-state index is 5.64. The summed E-state index contributed by atoms with van der Waals surface area (Å²) in [4.78, 5) is 0. The molecule has 0 saturated heterocycles. The molecular formula is C13H17N3O. The van der Waals surface area contributed by atoms with Gasteiger partial charge in [-0.2, -0.15) is 5.10 Å². The highest BCUT2D eigenvalue weighted by Crippen LogP contribution is 2.26. The Labute approximate surface area is 101 Å². The lowest BCUT2D eigenvalue weighted by molar-refractivity contribution is 0.414. The van der Waals surface area contributed by atoms with E-state index in [4.69, 9.17) is 10.5 Å². The average Bonchev–Trinajstić information content (AvgIpc) is 2.70. The number of benzene rings is 1. The van der Waals surface area contributed by atoms with Crippen molar-refractivity contribution in [3.63, 3.8) is 0 Å². The topological polar surface area (TPSA) is 53.1 Å². The van der Waals surface area contributed by atoms with Crippen LogP contribution in [0.3, 0.4) is 0 Å². The van der Waals surface area contributed by atoms with E-state index in [9.17, 15) is 0 Å². The van der Waals surface area contributed by atoms with Crippen molar-refractivity contribution in [1.82, 2.24) is 9.78 Å². The van der Waals surface area contributed by atoms with E-state index in [2.05, 4.69) is 12.0 Å². The number of rotatable bonds is 3. The van der Waals surface area contributed by atoms with Crippen molar-refractivity contribution in [2.24, 2.45) is 12.8 Å². The molecule has 0 unspecified atom stereocenters. The van der Waals surface area contributed by atoms with Gasteiger partial charge in [-0.25, -0.2) is 0 Å². The lowest BCUT2D eigenvalue weighted by atomic mass is 10.1. The molecule has 0 atom stereocenters. The van der Waals surface area contributed by atoms with Crippen molar-refractivity contribution in [2.75, 3.05) is 7.11 Å². The van der Waals surface area contributed by atoms with Gasteiger partial charge in [-0.05, 0) is 36.8 Å². The molecule has 2 N–H and O–H groups in total. The van der Waals surface area contributed by atoms with Crippen LogP contribution in [0, 0.1) is 6.92 Å². The molecular weight excluding hydrogens is 214 g/mol. The van der Waals surface area contributed by atoms with Crippen molar-refractivity contribution in [3.05, 3.63) is 35.5 Å². The molecule has 0 bridgehead atoms. The van der Waals surface area contributed by atoms with Gasteiger partial charge >= 0.3 is 0 Å². The maximum atomic E-state index is 5.64. The van der Waals surface area contributed by atoms with Crippen LogP contribution in [0.1, 0.15) is 11.3 Å². The van der Waals surface area contributed by atoms with Gasteiger partial charge < -0.3 is 10.5 Å². The lowest BCUT2D eigenvalue weighted by Gasteiger charge is -2.05. The third-order valence-electron chi connectivity index (χ3n) is 2.90. The summed E-state index contributed by atoms with van der Waals surface area (Å²) in [7, 11) is 3.58. The molecule has 1 aromatic carbocycles. The summed E-state index contributed by atoms with van der Waals surface area (Å²) < 4.78 is 7.01. The van der Waals surface area contributed by atoms with Gasteiger partial charge in [0.25, 0.3) is 0 Å². The van der Waals surface area contributed by atoms with Gasteiger partial charge in [-0.1, -0.05) is 0 Å². The predicted molar refractivity (Wildman–Crippen MR) is 67.8 cm³/mol. The summed E-state index contributed by atoms with van der Waals surface area (Å²) in [6, 6.07) is 8.00. The third kappa shape index (κ3) is 2.17. The zero-order chi connectivity index (χ0) is 12.4. The summed E-state index contributed by atoms with van der Waals surface area (Å²) in [6.45, 7) is 2.55. The van der Waals surface area contributed by atoms with Crippen LogP contribution in [-0.4, -0.2) is 16.9 Å².